The summed E-state index contributed by atoms with van der Waals surface area (Å²) in [6.45, 7) is 1.94. The van der Waals surface area contributed by atoms with Gasteiger partial charge in [-0.05, 0) is 30.5 Å². The van der Waals surface area contributed by atoms with E-state index in [-0.39, 0.29) is 6.04 Å². The van der Waals surface area contributed by atoms with Gasteiger partial charge in [-0.15, -0.1) is 0 Å². The normalized spacial score (nSPS) is 20.9. The second kappa shape index (κ2) is 4.50. The number of rotatable bonds is 1. The lowest BCUT2D eigenvalue weighted by Gasteiger charge is -2.31. The van der Waals surface area contributed by atoms with E-state index in [0.29, 0.717) is 0 Å². The Morgan fingerprint density at radius 2 is 2.30 bits per heavy atom. The molecule has 20 heavy (non-hydrogen) atoms. The zero-order chi connectivity index (χ0) is 13.7. The number of anilines is 1. The molecule has 0 saturated carbocycles. The predicted molar refractivity (Wildman–Crippen MR) is 81.3 cm³/mol. The maximum atomic E-state index is 6.09. The number of nitrogens with two attached hydrogens (primary N) is 1. The second-order valence-electron chi connectivity index (χ2n) is 5.73. The lowest BCUT2D eigenvalue weighted by Crippen LogP contribution is -2.43. The van der Waals surface area contributed by atoms with Gasteiger partial charge in [0.15, 0.2) is 5.82 Å². The van der Waals surface area contributed by atoms with E-state index in [1.807, 2.05) is 6.07 Å². The number of nitrogens with zero attached hydrogens (tertiary/aromatic N) is 2. The summed E-state index contributed by atoms with van der Waals surface area (Å²) in [5, 5.41) is 8.52. The molecule has 1 atom stereocenters. The Kier molecular flexibility index (Phi) is 2.75. The molecule has 1 aliphatic carbocycles. The monoisotopic (exact) mass is 288 g/mol. The molecule has 3 N–H and O–H groups in total. The summed E-state index contributed by atoms with van der Waals surface area (Å²) in [6.07, 6.45) is 3.16. The fraction of sp³-hybridized carbons (Fsp3) is 0.400. The van der Waals surface area contributed by atoms with E-state index < -0.39 is 0 Å². The first-order valence-electron chi connectivity index (χ1n) is 7.09. The lowest BCUT2D eigenvalue weighted by molar-refractivity contribution is 0.502. The van der Waals surface area contributed by atoms with E-state index in [4.69, 9.17) is 17.3 Å². The van der Waals surface area contributed by atoms with Crippen molar-refractivity contribution in [3.8, 4) is 11.3 Å². The van der Waals surface area contributed by atoms with Gasteiger partial charge in [0, 0.05) is 41.7 Å². The minimum absolute atomic E-state index is 0.259. The predicted octanol–water partition coefficient (Wildman–Crippen LogP) is 2.56. The molecular weight excluding hydrogens is 272 g/mol. The molecule has 1 aliphatic heterocycles. The molecule has 0 spiro atoms. The first kappa shape index (κ1) is 12.2. The maximum Gasteiger partial charge on any atom is 0.154 e. The molecule has 2 heterocycles. The number of hydrogen-bond acceptors (Lipinski definition) is 3. The van der Waals surface area contributed by atoms with Crippen LogP contribution in [0.5, 0.6) is 0 Å². The van der Waals surface area contributed by atoms with Crippen molar-refractivity contribution >= 4 is 17.4 Å². The van der Waals surface area contributed by atoms with Crippen LogP contribution in [-0.4, -0.2) is 29.3 Å². The smallest absolute Gasteiger partial charge is 0.154 e. The van der Waals surface area contributed by atoms with Crippen molar-refractivity contribution in [2.75, 3.05) is 18.0 Å². The molecule has 0 amide bonds. The highest BCUT2D eigenvalue weighted by molar-refractivity contribution is 6.30. The van der Waals surface area contributed by atoms with E-state index in [0.717, 1.165) is 48.9 Å². The zero-order valence-corrected chi connectivity index (χ0v) is 12.0. The first-order chi connectivity index (χ1) is 9.72. The van der Waals surface area contributed by atoms with Crippen molar-refractivity contribution in [3.63, 3.8) is 0 Å². The van der Waals surface area contributed by atoms with Gasteiger partial charge in [-0.3, -0.25) is 5.10 Å². The van der Waals surface area contributed by atoms with Crippen molar-refractivity contribution in [2.24, 2.45) is 5.73 Å². The van der Waals surface area contributed by atoms with Gasteiger partial charge in [-0.1, -0.05) is 17.7 Å². The molecule has 1 aromatic heterocycles. The quantitative estimate of drug-likeness (QED) is 0.723. The molecule has 2 aliphatic rings. The Labute approximate surface area is 122 Å². The minimum atomic E-state index is 0.259. The van der Waals surface area contributed by atoms with Gasteiger partial charge < -0.3 is 10.6 Å². The van der Waals surface area contributed by atoms with Crippen molar-refractivity contribution in [3.05, 3.63) is 34.3 Å². The van der Waals surface area contributed by atoms with Crippen molar-refractivity contribution < 1.29 is 0 Å². The van der Waals surface area contributed by atoms with Gasteiger partial charge >= 0.3 is 0 Å². The van der Waals surface area contributed by atoms with Crippen LogP contribution in [0.15, 0.2) is 18.2 Å². The summed E-state index contributed by atoms with van der Waals surface area (Å²) < 4.78 is 0. The van der Waals surface area contributed by atoms with Gasteiger partial charge in [0.1, 0.15) is 0 Å². The largest absolute Gasteiger partial charge is 0.353 e. The van der Waals surface area contributed by atoms with Gasteiger partial charge in [-0.25, -0.2) is 0 Å². The third kappa shape index (κ3) is 1.83. The SMILES string of the molecule is NC1CCCN(c2n[nH]c3c2Cc2cc(Cl)ccc2-3)C1. The minimum Gasteiger partial charge on any atom is -0.353 e. The van der Waals surface area contributed by atoms with E-state index in [2.05, 4.69) is 27.2 Å². The average molecular weight is 289 g/mol. The highest BCUT2D eigenvalue weighted by Crippen LogP contribution is 2.41. The molecule has 1 saturated heterocycles. The molecule has 0 radical (unpaired) electrons. The van der Waals surface area contributed by atoms with E-state index >= 15 is 0 Å². The van der Waals surface area contributed by atoms with E-state index in [9.17, 15) is 0 Å². The van der Waals surface area contributed by atoms with Crippen molar-refractivity contribution in [1.29, 1.82) is 0 Å². The first-order valence-corrected chi connectivity index (χ1v) is 7.47. The number of piperidine rings is 1. The molecule has 2 aromatic rings. The Morgan fingerprint density at radius 3 is 3.15 bits per heavy atom. The van der Waals surface area contributed by atoms with Crippen LogP contribution in [0.4, 0.5) is 5.82 Å². The topological polar surface area (TPSA) is 57.9 Å². The van der Waals surface area contributed by atoms with E-state index in [1.54, 1.807) is 0 Å². The fourth-order valence-corrected chi connectivity index (χ4v) is 3.55. The summed E-state index contributed by atoms with van der Waals surface area (Å²) in [5.41, 5.74) is 11.0. The molecule has 1 fully saturated rings. The van der Waals surface area contributed by atoms with Crippen LogP contribution in [0.2, 0.25) is 5.02 Å². The highest BCUT2D eigenvalue weighted by Gasteiger charge is 2.28. The lowest BCUT2D eigenvalue weighted by atomic mass is 10.1. The molecular formula is C15H17ClN4. The Hall–Kier alpha value is -1.52. The summed E-state index contributed by atoms with van der Waals surface area (Å²) in [6, 6.07) is 6.32. The molecule has 1 unspecified atom stereocenters. The average Bonchev–Trinajstić information content (AvgIpc) is 2.96. The third-order valence-corrected chi connectivity index (χ3v) is 4.54. The van der Waals surface area contributed by atoms with Crippen LogP contribution in [0.25, 0.3) is 11.3 Å². The summed E-state index contributed by atoms with van der Waals surface area (Å²) >= 11 is 6.09. The third-order valence-electron chi connectivity index (χ3n) is 4.31. The molecule has 5 heteroatoms. The number of H-pyrrole nitrogens is 1. The van der Waals surface area contributed by atoms with Crippen molar-refractivity contribution in [2.45, 2.75) is 25.3 Å². The number of aromatic nitrogens is 2. The zero-order valence-electron chi connectivity index (χ0n) is 11.2. The van der Waals surface area contributed by atoms with Crippen molar-refractivity contribution in [1.82, 2.24) is 10.2 Å². The van der Waals surface area contributed by atoms with Crippen LogP contribution >= 0.6 is 11.6 Å². The Morgan fingerprint density at radius 1 is 1.40 bits per heavy atom. The second-order valence-corrected chi connectivity index (χ2v) is 6.16. The number of aromatic amines is 1. The summed E-state index contributed by atoms with van der Waals surface area (Å²) in [7, 11) is 0. The molecule has 4 rings (SSSR count). The number of fused-ring (bicyclic) bond motifs is 3. The van der Waals surface area contributed by atoms with Crippen LogP contribution in [0.3, 0.4) is 0 Å². The van der Waals surface area contributed by atoms with Crippen LogP contribution in [0, 0.1) is 0 Å². The Bertz CT molecular complexity index is 664. The highest BCUT2D eigenvalue weighted by atomic mass is 35.5. The summed E-state index contributed by atoms with van der Waals surface area (Å²) in [5.74, 6) is 1.07. The maximum absolute atomic E-state index is 6.09. The molecule has 104 valence electrons. The number of hydrogen-bond donors (Lipinski definition) is 2. The fourth-order valence-electron chi connectivity index (χ4n) is 3.35. The molecule has 4 nitrogen and oxygen atoms in total. The Balaban J connectivity index is 1.72. The standard InChI is InChI=1S/C15H17ClN4/c16-10-3-4-12-9(6-10)7-13-14(12)18-19-15(13)20-5-1-2-11(17)8-20/h3-4,6,11H,1-2,5,7-8,17H2,(H,18,19). The summed E-state index contributed by atoms with van der Waals surface area (Å²) in [4.78, 5) is 2.32. The number of nitrogens with one attached hydrogen (secondary N) is 1. The van der Waals surface area contributed by atoms with E-state index in [1.165, 1.54) is 16.7 Å². The molecule has 0 bridgehead atoms. The van der Waals surface area contributed by atoms with Crippen LogP contribution in [0.1, 0.15) is 24.0 Å². The van der Waals surface area contributed by atoms with Gasteiger partial charge in [0.2, 0.25) is 0 Å². The van der Waals surface area contributed by atoms with Crippen LogP contribution < -0.4 is 10.6 Å². The van der Waals surface area contributed by atoms with Crippen LogP contribution in [-0.2, 0) is 6.42 Å². The van der Waals surface area contributed by atoms with Gasteiger partial charge in [0.05, 0.1) is 5.69 Å². The number of halogens is 1. The number of benzene rings is 1. The van der Waals surface area contributed by atoms with Gasteiger partial charge in [-0.2, -0.15) is 5.10 Å². The molecule has 1 aromatic carbocycles. The van der Waals surface area contributed by atoms with Gasteiger partial charge in [0.25, 0.3) is 0 Å².